The zero-order valence-electron chi connectivity index (χ0n) is 38.2. The summed E-state index contributed by atoms with van der Waals surface area (Å²) in [5, 5.41) is 0. The Morgan fingerprint density at radius 3 is 1.28 bits per heavy atom. The monoisotopic (exact) mass is 856 g/mol. The smallest absolute Gasteiger partial charge is 0.142 e. The third kappa shape index (κ3) is 4.99. The molecule has 1 nitrogen and oxygen atoms in total. The molecular weight excluding hydrogens is 809 g/mol. The van der Waals surface area contributed by atoms with Crippen LogP contribution in [-0.2, 0) is 16.2 Å². The Balaban J connectivity index is 1.08. The minimum Gasteiger partial charge on any atom is -0.455 e. The van der Waals surface area contributed by atoms with E-state index in [1.165, 1.54) is 106 Å². The first kappa shape index (κ1) is 38.5. The fourth-order valence-electron chi connectivity index (χ4n) is 13.3. The summed E-state index contributed by atoms with van der Waals surface area (Å²) in [6.07, 6.45) is 0. The number of fused-ring (bicyclic) bond motifs is 16. The van der Waals surface area contributed by atoms with Crippen LogP contribution < -0.4 is 0 Å². The van der Waals surface area contributed by atoms with Crippen LogP contribution in [0.3, 0.4) is 0 Å². The van der Waals surface area contributed by atoms with E-state index in [0.29, 0.717) is 0 Å². The summed E-state index contributed by atoms with van der Waals surface area (Å²) < 4.78 is 7.33. The van der Waals surface area contributed by atoms with Crippen molar-refractivity contribution in [2.45, 2.75) is 49.9 Å². The van der Waals surface area contributed by atoms with E-state index < -0.39 is 5.41 Å². The largest absolute Gasteiger partial charge is 0.455 e. The molecule has 10 aromatic rings. The van der Waals surface area contributed by atoms with Crippen LogP contribution in [0.15, 0.2) is 217 Å². The third-order valence-electron chi connectivity index (χ3n) is 16.2. The topological polar surface area (TPSA) is 13.1 Å². The minimum atomic E-state index is -0.636. The number of rotatable bonds is 5. The molecule has 1 heterocycles. The molecule has 0 fully saturated rings. The van der Waals surface area contributed by atoms with Crippen molar-refractivity contribution in [3.8, 4) is 67.2 Å². The lowest BCUT2D eigenvalue weighted by molar-refractivity contribution is 0.588. The summed E-state index contributed by atoms with van der Waals surface area (Å²) in [7, 11) is 0. The second-order valence-electron chi connectivity index (χ2n) is 20.2. The predicted octanol–water partition coefficient (Wildman–Crippen LogP) is 16.7. The highest BCUT2D eigenvalue weighted by molar-refractivity contribution is 6.03. The van der Waals surface area contributed by atoms with Gasteiger partial charge in [0.25, 0.3) is 0 Å². The summed E-state index contributed by atoms with van der Waals surface area (Å²) >= 11 is 0. The van der Waals surface area contributed by atoms with Gasteiger partial charge in [0.05, 0.1) is 5.41 Å². The van der Waals surface area contributed by atoms with Gasteiger partial charge in [-0.15, -0.1) is 0 Å². The Morgan fingerprint density at radius 2 is 0.746 bits per heavy atom. The van der Waals surface area contributed by atoms with Gasteiger partial charge in [-0.3, -0.25) is 0 Å². The molecule has 0 saturated carbocycles. The van der Waals surface area contributed by atoms with Crippen LogP contribution in [0.25, 0.3) is 67.2 Å². The third-order valence-corrected chi connectivity index (χ3v) is 16.2. The lowest BCUT2D eigenvalue weighted by Gasteiger charge is -2.31. The first-order valence-corrected chi connectivity index (χ1v) is 23.9. The number of hydrogen-bond acceptors (Lipinski definition) is 1. The van der Waals surface area contributed by atoms with Gasteiger partial charge in [0.1, 0.15) is 11.5 Å². The molecule has 0 N–H and O–H groups in total. The summed E-state index contributed by atoms with van der Waals surface area (Å²) in [6.45, 7) is 9.61. The minimum absolute atomic E-state index is 0.0679. The molecule has 1 aromatic heterocycles. The van der Waals surface area contributed by atoms with Gasteiger partial charge in [-0.1, -0.05) is 240 Å². The molecular formula is C66H48O. The maximum absolute atomic E-state index is 7.33. The van der Waals surface area contributed by atoms with Crippen molar-refractivity contribution in [2.24, 2.45) is 0 Å². The Morgan fingerprint density at radius 1 is 0.328 bits per heavy atom. The van der Waals surface area contributed by atoms with Crippen LogP contribution in [0.1, 0.15) is 94.8 Å². The zero-order chi connectivity index (χ0) is 44.8. The van der Waals surface area contributed by atoms with Crippen molar-refractivity contribution in [1.29, 1.82) is 0 Å². The van der Waals surface area contributed by atoms with Crippen molar-refractivity contribution < 1.29 is 4.42 Å². The molecule has 0 aliphatic heterocycles. The second kappa shape index (κ2) is 13.7. The van der Waals surface area contributed by atoms with E-state index in [0.717, 1.165) is 22.6 Å². The van der Waals surface area contributed by atoms with E-state index in [1.54, 1.807) is 0 Å². The van der Waals surface area contributed by atoms with Gasteiger partial charge in [-0.05, 0) is 94.6 Å². The molecule has 1 unspecified atom stereocenters. The molecule has 0 saturated heterocycles. The Bertz CT molecular complexity index is 3590. The molecule has 1 atom stereocenters. The molecule has 4 aliphatic rings. The van der Waals surface area contributed by atoms with Gasteiger partial charge in [0, 0.05) is 39.0 Å². The van der Waals surface area contributed by atoms with E-state index in [4.69, 9.17) is 4.42 Å². The second-order valence-corrected chi connectivity index (χ2v) is 20.2. The number of benzene rings is 9. The van der Waals surface area contributed by atoms with E-state index >= 15 is 0 Å². The Hall–Kier alpha value is -7.74. The van der Waals surface area contributed by atoms with Crippen LogP contribution >= 0.6 is 0 Å². The lowest BCUT2D eigenvalue weighted by Crippen LogP contribution is -2.26. The van der Waals surface area contributed by atoms with Crippen molar-refractivity contribution in [2.75, 3.05) is 0 Å². The first-order chi connectivity index (χ1) is 32.8. The number of hydrogen-bond donors (Lipinski definition) is 0. The highest BCUT2D eigenvalue weighted by atomic mass is 16.3. The quantitative estimate of drug-likeness (QED) is 0.157. The van der Waals surface area contributed by atoms with Crippen LogP contribution in [0.4, 0.5) is 0 Å². The standard InChI is InChI=1S/C66H48O/c1-64(2)51-29-15-11-24-44(51)46-36-34-42(38-56(46)64)58(43-35-37-47-45-25-12-16-30-52(45)65(3,4)57(47)39-43)50-28-19-33-55-59(50)48-26-13-17-31-53(48)66(55)54-32-18-14-27-49(54)60-61(66)63(41-22-9-6-10-23-41)67-62(60)40-20-7-5-8-21-40/h5-39,58H,1-4H3. The fraction of sp³-hybridized carbons (Fsp3) is 0.121. The molecule has 318 valence electrons. The van der Waals surface area contributed by atoms with E-state index in [2.05, 4.69) is 240 Å². The van der Waals surface area contributed by atoms with Crippen molar-refractivity contribution in [3.05, 3.63) is 274 Å². The predicted molar refractivity (Wildman–Crippen MR) is 275 cm³/mol. The average molecular weight is 857 g/mol. The lowest BCUT2D eigenvalue weighted by atomic mass is 9.69. The maximum atomic E-state index is 7.33. The Labute approximate surface area is 393 Å². The van der Waals surface area contributed by atoms with E-state index in [-0.39, 0.29) is 16.7 Å². The highest BCUT2D eigenvalue weighted by Gasteiger charge is 2.56. The van der Waals surface area contributed by atoms with E-state index in [9.17, 15) is 0 Å². The summed E-state index contributed by atoms with van der Waals surface area (Å²) in [6, 6.07) is 79.9. The van der Waals surface area contributed by atoms with Gasteiger partial charge >= 0.3 is 0 Å². The van der Waals surface area contributed by atoms with Gasteiger partial charge in [0.2, 0.25) is 0 Å². The van der Waals surface area contributed by atoms with Crippen LogP contribution in [0.2, 0.25) is 0 Å². The Kier molecular flexibility index (Phi) is 7.85. The molecule has 9 aromatic carbocycles. The van der Waals surface area contributed by atoms with Crippen LogP contribution in [0, 0.1) is 0 Å². The van der Waals surface area contributed by atoms with Crippen molar-refractivity contribution in [3.63, 3.8) is 0 Å². The van der Waals surface area contributed by atoms with Gasteiger partial charge in [-0.2, -0.15) is 0 Å². The average Bonchev–Trinajstić information content (AvgIpc) is 4.12. The molecule has 0 amide bonds. The zero-order valence-corrected chi connectivity index (χ0v) is 38.2. The van der Waals surface area contributed by atoms with Crippen molar-refractivity contribution in [1.82, 2.24) is 0 Å². The maximum Gasteiger partial charge on any atom is 0.142 e. The van der Waals surface area contributed by atoms with E-state index in [1.807, 2.05) is 0 Å². The first-order valence-electron chi connectivity index (χ1n) is 23.9. The molecule has 14 rings (SSSR count). The normalized spacial score (nSPS) is 16.8. The fourth-order valence-corrected chi connectivity index (χ4v) is 13.3. The van der Waals surface area contributed by atoms with Crippen molar-refractivity contribution >= 4 is 0 Å². The SMILES string of the molecule is CC1(C)c2ccccc2-c2ccc(C(c3ccc4c(c3)C(C)(C)c3ccccc3-4)c3cccc4c3-c3ccccc3C43c4ccccc4-c4c(-c5ccccc5)oc(-c5ccccc5)c43)cc21. The number of furan rings is 1. The highest BCUT2D eigenvalue weighted by Crippen LogP contribution is 2.68. The summed E-state index contributed by atoms with van der Waals surface area (Å²) in [5.74, 6) is 1.78. The molecule has 0 radical (unpaired) electrons. The van der Waals surface area contributed by atoms with Gasteiger partial charge in [0.15, 0.2) is 0 Å². The van der Waals surface area contributed by atoms with Crippen LogP contribution in [-0.4, -0.2) is 0 Å². The molecule has 0 bridgehead atoms. The summed E-state index contributed by atoms with van der Waals surface area (Å²) in [5.41, 5.74) is 26.3. The molecule has 4 aliphatic carbocycles. The van der Waals surface area contributed by atoms with Gasteiger partial charge < -0.3 is 4.42 Å². The summed E-state index contributed by atoms with van der Waals surface area (Å²) in [4.78, 5) is 0. The molecule has 1 heteroatoms. The molecule has 67 heavy (non-hydrogen) atoms. The van der Waals surface area contributed by atoms with Crippen LogP contribution in [0.5, 0.6) is 0 Å². The molecule has 1 spiro atoms. The van der Waals surface area contributed by atoms with Gasteiger partial charge in [-0.25, -0.2) is 0 Å².